The van der Waals surface area contributed by atoms with E-state index in [4.69, 9.17) is 4.74 Å². The largest absolute Gasteiger partial charge is 0.368 e. The summed E-state index contributed by atoms with van der Waals surface area (Å²) in [6, 6.07) is 7.49. The highest BCUT2D eigenvalue weighted by atomic mass is 32.1. The van der Waals surface area contributed by atoms with Crippen LogP contribution in [0.4, 0.5) is 5.69 Å². The van der Waals surface area contributed by atoms with Crippen LogP contribution in [0, 0.1) is 13.8 Å². The van der Waals surface area contributed by atoms with Crippen molar-refractivity contribution >= 4 is 27.9 Å². The molecular formula is C19H19N3O3S. The van der Waals surface area contributed by atoms with Crippen LogP contribution in [0.25, 0.3) is 16.2 Å². The number of carbonyl (C=O) groups excluding carboxylic acids is 1. The predicted octanol–water partition coefficient (Wildman–Crippen LogP) is 3.16. The first-order chi connectivity index (χ1) is 12.5. The molecule has 1 amide bonds. The summed E-state index contributed by atoms with van der Waals surface area (Å²) in [6.45, 7) is 4.27. The van der Waals surface area contributed by atoms with E-state index < -0.39 is 0 Å². The van der Waals surface area contributed by atoms with Crippen LogP contribution in [0.2, 0.25) is 0 Å². The summed E-state index contributed by atoms with van der Waals surface area (Å²) in [7, 11) is 0. The minimum atomic E-state index is -0.377. The first-order valence-corrected chi connectivity index (χ1v) is 9.43. The molecule has 26 heavy (non-hydrogen) atoms. The highest BCUT2D eigenvalue weighted by molar-refractivity contribution is 7.15. The number of rotatable bonds is 3. The fourth-order valence-electron chi connectivity index (χ4n) is 3.10. The quantitative estimate of drug-likeness (QED) is 0.770. The van der Waals surface area contributed by atoms with E-state index in [1.54, 1.807) is 11.3 Å². The van der Waals surface area contributed by atoms with Gasteiger partial charge in [0, 0.05) is 34.5 Å². The van der Waals surface area contributed by atoms with E-state index in [9.17, 15) is 9.59 Å². The third kappa shape index (κ3) is 2.93. The summed E-state index contributed by atoms with van der Waals surface area (Å²) >= 11 is 1.43. The van der Waals surface area contributed by atoms with Gasteiger partial charge in [0.2, 0.25) is 0 Å². The standard InChI is InChI=1S/C19H19N3O3S/c1-11-12(2)20-19-22(18(11)24)15(10-26-19)13-5-3-6-14(9-13)21-17(23)16-7-4-8-25-16/h3,5-6,9-10,16H,4,7-8H2,1-2H3,(H,21,23)/t16-/m1/s1. The molecule has 1 saturated heterocycles. The Bertz CT molecular complexity index is 1050. The van der Waals surface area contributed by atoms with E-state index in [0.717, 1.165) is 29.8 Å². The Labute approximate surface area is 154 Å². The number of amides is 1. The van der Waals surface area contributed by atoms with Crippen LogP contribution in [-0.2, 0) is 9.53 Å². The summed E-state index contributed by atoms with van der Waals surface area (Å²) in [5, 5.41) is 4.83. The third-order valence-corrected chi connectivity index (χ3v) is 5.51. The Hall–Kier alpha value is -2.51. The number of fused-ring (bicyclic) bond motifs is 1. The Kier molecular flexibility index (Phi) is 4.34. The molecule has 7 heteroatoms. The molecule has 0 radical (unpaired) electrons. The lowest BCUT2D eigenvalue weighted by molar-refractivity contribution is -0.124. The summed E-state index contributed by atoms with van der Waals surface area (Å²) in [5.74, 6) is -0.125. The SMILES string of the molecule is Cc1nc2scc(-c3cccc(NC(=O)[C@H]4CCCO4)c3)n2c(=O)c1C. The van der Waals surface area contributed by atoms with Crippen molar-refractivity contribution in [1.29, 1.82) is 0 Å². The van der Waals surface area contributed by atoms with Crippen molar-refractivity contribution in [3.8, 4) is 11.3 Å². The van der Waals surface area contributed by atoms with Gasteiger partial charge in [0.1, 0.15) is 6.10 Å². The molecule has 0 saturated carbocycles. The van der Waals surface area contributed by atoms with Gasteiger partial charge in [0.25, 0.3) is 11.5 Å². The molecular weight excluding hydrogens is 350 g/mol. The monoisotopic (exact) mass is 369 g/mol. The molecule has 0 bridgehead atoms. The zero-order chi connectivity index (χ0) is 18.3. The Balaban J connectivity index is 1.71. The average Bonchev–Trinajstić information content (AvgIpc) is 3.30. The summed E-state index contributed by atoms with van der Waals surface area (Å²) < 4.78 is 7.06. The van der Waals surface area contributed by atoms with Crippen LogP contribution in [0.1, 0.15) is 24.1 Å². The Morgan fingerprint density at radius 1 is 1.38 bits per heavy atom. The molecule has 0 unspecified atom stereocenters. The molecule has 3 heterocycles. The van der Waals surface area contributed by atoms with E-state index in [-0.39, 0.29) is 17.6 Å². The molecule has 4 rings (SSSR count). The molecule has 1 aromatic carbocycles. The molecule has 2 aromatic heterocycles. The zero-order valence-corrected chi connectivity index (χ0v) is 15.4. The number of benzene rings is 1. The van der Waals surface area contributed by atoms with Crippen LogP contribution in [0.5, 0.6) is 0 Å². The number of nitrogens with zero attached hydrogens (tertiary/aromatic N) is 2. The van der Waals surface area contributed by atoms with Crippen LogP contribution < -0.4 is 10.9 Å². The maximum atomic E-state index is 12.7. The van der Waals surface area contributed by atoms with Gasteiger partial charge in [-0.3, -0.25) is 14.0 Å². The number of thiazole rings is 1. The Morgan fingerprint density at radius 3 is 3.00 bits per heavy atom. The fourth-order valence-corrected chi connectivity index (χ4v) is 4.03. The lowest BCUT2D eigenvalue weighted by Crippen LogP contribution is -2.26. The second-order valence-corrected chi connectivity index (χ2v) is 7.27. The third-order valence-electron chi connectivity index (χ3n) is 4.69. The number of hydrogen-bond donors (Lipinski definition) is 1. The normalized spacial score (nSPS) is 16.9. The van der Waals surface area contributed by atoms with E-state index >= 15 is 0 Å². The van der Waals surface area contributed by atoms with E-state index in [1.807, 2.05) is 36.6 Å². The van der Waals surface area contributed by atoms with Gasteiger partial charge in [-0.05, 0) is 38.8 Å². The van der Waals surface area contributed by atoms with E-state index in [1.165, 1.54) is 11.3 Å². The lowest BCUT2D eigenvalue weighted by Gasteiger charge is -2.11. The van der Waals surface area contributed by atoms with E-state index in [0.29, 0.717) is 22.8 Å². The molecule has 1 atom stereocenters. The van der Waals surface area contributed by atoms with E-state index in [2.05, 4.69) is 10.3 Å². The average molecular weight is 369 g/mol. The van der Waals surface area contributed by atoms with Gasteiger partial charge < -0.3 is 10.1 Å². The second-order valence-electron chi connectivity index (χ2n) is 6.44. The van der Waals surface area contributed by atoms with Gasteiger partial charge >= 0.3 is 0 Å². The summed E-state index contributed by atoms with van der Waals surface area (Å²) in [5.41, 5.74) is 3.66. The molecule has 3 aromatic rings. The first-order valence-electron chi connectivity index (χ1n) is 8.55. The molecule has 134 valence electrons. The van der Waals surface area contributed by atoms with Gasteiger partial charge in [-0.2, -0.15) is 0 Å². The van der Waals surface area contributed by atoms with Crippen molar-refractivity contribution in [3.63, 3.8) is 0 Å². The molecule has 1 fully saturated rings. The van der Waals surface area contributed by atoms with Gasteiger partial charge in [-0.25, -0.2) is 4.98 Å². The van der Waals surface area contributed by atoms with Crippen molar-refractivity contribution in [1.82, 2.24) is 9.38 Å². The number of carbonyl (C=O) groups is 1. The Morgan fingerprint density at radius 2 is 2.23 bits per heavy atom. The lowest BCUT2D eigenvalue weighted by atomic mass is 10.1. The maximum absolute atomic E-state index is 12.7. The molecule has 1 aliphatic rings. The number of aryl methyl sites for hydroxylation is 1. The fraction of sp³-hybridized carbons (Fsp3) is 0.316. The second kappa shape index (κ2) is 6.66. The molecule has 1 aliphatic heterocycles. The maximum Gasteiger partial charge on any atom is 0.262 e. The van der Waals surface area contributed by atoms with Crippen molar-refractivity contribution in [3.05, 3.63) is 51.3 Å². The number of anilines is 1. The van der Waals surface area contributed by atoms with Crippen LogP contribution in [0.15, 0.2) is 34.4 Å². The minimum absolute atomic E-state index is 0.0578. The molecule has 0 aliphatic carbocycles. The highest BCUT2D eigenvalue weighted by Crippen LogP contribution is 2.27. The number of aromatic nitrogens is 2. The summed E-state index contributed by atoms with van der Waals surface area (Å²) in [6.07, 6.45) is 1.28. The highest BCUT2D eigenvalue weighted by Gasteiger charge is 2.23. The van der Waals surface area contributed by atoms with Gasteiger partial charge in [-0.15, -0.1) is 11.3 Å². The minimum Gasteiger partial charge on any atom is -0.368 e. The number of hydrogen-bond acceptors (Lipinski definition) is 5. The van der Waals surface area contributed by atoms with Crippen LogP contribution in [-0.4, -0.2) is 28.0 Å². The predicted molar refractivity (Wildman–Crippen MR) is 102 cm³/mol. The molecule has 1 N–H and O–H groups in total. The van der Waals surface area contributed by atoms with Gasteiger partial charge in [-0.1, -0.05) is 12.1 Å². The molecule has 0 spiro atoms. The smallest absolute Gasteiger partial charge is 0.262 e. The number of nitrogens with one attached hydrogen (secondary N) is 1. The zero-order valence-electron chi connectivity index (χ0n) is 14.6. The topological polar surface area (TPSA) is 72.7 Å². The van der Waals surface area contributed by atoms with Gasteiger partial charge in [0.15, 0.2) is 4.96 Å². The van der Waals surface area contributed by atoms with Crippen molar-refractivity contribution in [2.45, 2.75) is 32.8 Å². The van der Waals surface area contributed by atoms with Gasteiger partial charge in [0.05, 0.1) is 5.69 Å². The molecule has 6 nitrogen and oxygen atoms in total. The van der Waals surface area contributed by atoms with Crippen LogP contribution in [0.3, 0.4) is 0 Å². The van der Waals surface area contributed by atoms with Crippen LogP contribution >= 0.6 is 11.3 Å². The summed E-state index contributed by atoms with van der Waals surface area (Å²) in [4.78, 5) is 30.1. The number of ether oxygens (including phenoxy) is 1. The van der Waals surface area contributed by atoms with Crippen molar-refractivity contribution < 1.29 is 9.53 Å². The van der Waals surface area contributed by atoms with Crippen molar-refractivity contribution in [2.75, 3.05) is 11.9 Å². The van der Waals surface area contributed by atoms with Crippen molar-refractivity contribution in [2.24, 2.45) is 0 Å². The first kappa shape index (κ1) is 16.9.